The maximum atomic E-state index is 12.5. The van der Waals surface area contributed by atoms with Gasteiger partial charge in [0.05, 0.1) is 17.7 Å². The van der Waals surface area contributed by atoms with Crippen molar-refractivity contribution in [3.05, 3.63) is 64.7 Å². The highest BCUT2D eigenvalue weighted by Crippen LogP contribution is 2.31. The van der Waals surface area contributed by atoms with E-state index in [0.29, 0.717) is 23.5 Å². The zero-order valence-corrected chi connectivity index (χ0v) is 17.4. The Hall–Kier alpha value is -3.39. The van der Waals surface area contributed by atoms with Crippen LogP contribution in [-0.2, 0) is 4.79 Å². The van der Waals surface area contributed by atoms with Gasteiger partial charge in [-0.1, -0.05) is 45.0 Å². The first-order valence-electron chi connectivity index (χ1n) is 9.38. The van der Waals surface area contributed by atoms with Gasteiger partial charge in [0.2, 0.25) is 0 Å². The van der Waals surface area contributed by atoms with Gasteiger partial charge >= 0.3 is 5.97 Å². The minimum Gasteiger partial charge on any atom is -0.490 e. The summed E-state index contributed by atoms with van der Waals surface area (Å²) in [5, 5.41) is 9.38. The number of nitriles is 1. The monoisotopic (exact) mass is 391 g/mol. The number of rotatable bonds is 6. The van der Waals surface area contributed by atoms with Crippen LogP contribution in [0.25, 0.3) is 6.08 Å². The molecule has 0 saturated carbocycles. The molecule has 2 rings (SSSR count). The number of aryl methyl sites for hydroxylation is 1. The van der Waals surface area contributed by atoms with Gasteiger partial charge in [0.15, 0.2) is 17.3 Å². The molecule has 0 aliphatic heterocycles. The van der Waals surface area contributed by atoms with Crippen molar-refractivity contribution >= 4 is 17.8 Å². The van der Waals surface area contributed by atoms with Crippen LogP contribution >= 0.6 is 0 Å². The van der Waals surface area contributed by atoms with Gasteiger partial charge in [-0.05, 0) is 49.2 Å². The molecule has 5 nitrogen and oxygen atoms in total. The average molecular weight is 391 g/mol. The molecule has 150 valence electrons. The van der Waals surface area contributed by atoms with Crippen LogP contribution in [0.3, 0.4) is 0 Å². The Morgan fingerprint density at radius 1 is 1.10 bits per heavy atom. The summed E-state index contributed by atoms with van der Waals surface area (Å²) in [5.41, 5.74) is 1.30. The molecule has 0 amide bonds. The van der Waals surface area contributed by atoms with E-state index in [0.717, 1.165) is 5.56 Å². The molecule has 29 heavy (non-hydrogen) atoms. The predicted molar refractivity (Wildman–Crippen MR) is 112 cm³/mol. The van der Waals surface area contributed by atoms with Crippen molar-refractivity contribution in [3.63, 3.8) is 0 Å². The standard InChI is InChI=1S/C24H25NO4/c1-6-28-21-14-17(13-18(15-25)22(26)24(3,4)5)11-12-20(21)29-23(27)19-10-8-7-9-16(19)2/h7-14H,6H2,1-5H3. The molecule has 0 aliphatic rings. The molecule has 0 heterocycles. The summed E-state index contributed by atoms with van der Waals surface area (Å²) in [6.45, 7) is 9.32. The molecule has 0 fully saturated rings. The van der Waals surface area contributed by atoms with Gasteiger partial charge in [-0.25, -0.2) is 4.79 Å². The van der Waals surface area contributed by atoms with Crippen molar-refractivity contribution in [2.24, 2.45) is 5.41 Å². The molecule has 0 radical (unpaired) electrons. The van der Waals surface area contributed by atoms with E-state index in [1.54, 1.807) is 51.1 Å². The molecule has 2 aromatic rings. The number of ether oxygens (including phenoxy) is 2. The van der Waals surface area contributed by atoms with E-state index in [1.807, 2.05) is 32.0 Å². The van der Waals surface area contributed by atoms with Crippen LogP contribution in [0.4, 0.5) is 0 Å². The minimum absolute atomic E-state index is 0.0598. The van der Waals surface area contributed by atoms with Crippen molar-refractivity contribution in [3.8, 4) is 17.6 Å². The molecule has 0 N–H and O–H groups in total. The van der Waals surface area contributed by atoms with E-state index in [1.165, 1.54) is 6.08 Å². The smallest absolute Gasteiger partial charge is 0.343 e. The summed E-state index contributed by atoms with van der Waals surface area (Å²) >= 11 is 0. The lowest BCUT2D eigenvalue weighted by atomic mass is 9.86. The molecule has 0 saturated heterocycles. The third kappa shape index (κ3) is 5.55. The third-order valence-corrected chi connectivity index (χ3v) is 4.19. The third-order valence-electron chi connectivity index (χ3n) is 4.19. The van der Waals surface area contributed by atoms with Crippen molar-refractivity contribution in [2.45, 2.75) is 34.6 Å². The quantitative estimate of drug-likeness (QED) is 0.295. The molecule has 0 atom stereocenters. The Kier molecular flexibility index (Phi) is 6.95. The van der Waals surface area contributed by atoms with Gasteiger partial charge in [0, 0.05) is 5.41 Å². The van der Waals surface area contributed by atoms with E-state index >= 15 is 0 Å². The highest BCUT2D eigenvalue weighted by Gasteiger charge is 2.25. The van der Waals surface area contributed by atoms with Crippen LogP contribution in [0, 0.1) is 23.7 Å². The largest absolute Gasteiger partial charge is 0.490 e. The van der Waals surface area contributed by atoms with E-state index in [-0.39, 0.29) is 17.1 Å². The first kappa shape index (κ1) is 21.9. The predicted octanol–water partition coefficient (Wildman–Crippen LogP) is 5.14. The van der Waals surface area contributed by atoms with Crippen LogP contribution in [0.15, 0.2) is 48.0 Å². The molecule has 2 aromatic carbocycles. The fourth-order valence-corrected chi connectivity index (χ4v) is 2.64. The Labute approximate surface area is 171 Å². The zero-order chi connectivity index (χ0) is 21.6. The maximum Gasteiger partial charge on any atom is 0.343 e. The number of nitrogens with zero attached hydrogens (tertiary/aromatic N) is 1. The van der Waals surface area contributed by atoms with Gasteiger partial charge in [0.25, 0.3) is 0 Å². The Bertz CT molecular complexity index is 991. The number of carbonyl (C=O) groups is 2. The lowest BCUT2D eigenvalue weighted by molar-refractivity contribution is -0.121. The van der Waals surface area contributed by atoms with Crippen LogP contribution in [-0.4, -0.2) is 18.4 Å². The topological polar surface area (TPSA) is 76.4 Å². The van der Waals surface area contributed by atoms with Gasteiger partial charge in [0.1, 0.15) is 6.07 Å². The number of allylic oxidation sites excluding steroid dienone is 1. The number of esters is 1. The fraction of sp³-hybridized carbons (Fsp3) is 0.292. The second-order valence-corrected chi connectivity index (χ2v) is 7.59. The van der Waals surface area contributed by atoms with Crippen molar-refractivity contribution in [1.29, 1.82) is 5.26 Å². The number of Topliss-reactive ketones (excluding diaryl/α,β-unsaturated/α-hetero) is 1. The number of hydrogen-bond donors (Lipinski definition) is 0. The van der Waals surface area contributed by atoms with Crippen LogP contribution in [0.2, 0.25) is 0 Å². The van der Waals surface area contributed by atoms with Crippen LogP contribution in [0.1, 0.15) is 49.2 Å². The average Bonchev–Trinajstić information content (AvgIpc) is 2.67. The van der Waals surface area contributed by atoms with Crippen LogP contribution in [0.5, 0.6) is 11.5 Å². The van der Waals surface area contributed by atoms with Gasteiger partial charge in [-0.15, -0.1) is 0 Å². The summed E-state index contributed by atoms with van der Waals surface area (Å²) < 4.78 is 11.1. The van der Waals surface area contributed by atoms with Gasteiger partial charge in [-0.3, -0.25) is 4.79 Å². The van der Waals surface area contributed by atoms with E-state index in [9.17, 15) is 14.9 Å². The summed E-state index contributed by atoms with van der Waals surface area (Å²) in [5.74, 6) is -0.0809. The molecule has 0 spiro atoms. The number of carbonyl (C=O) groups excluding carboxylic acids is 2. The summed E-state index contributed by atoms with van der Waals surface area (Å²) in [4.78, 5) is 24.9. The lowest BCUT2D eigenvalue weighted by Gasteiger charge is -2.16. The SMILES string of the molecule is CCOc1cc(C=C(C#N)C(=O)C(C)(C)C)ccc1OC(=O)c1ccccc1C. The van der Waals surface area contributed by atoms with Crippen LogP contribution < -0.4 is 9.47 Å². The summed E-state index contributed by atoms with van der Waals surface area (Å²) in [6, 6.07) is 14.1. The highest BCUT2D eigenvalue weighted by atomic mass is 16.6. The number of hydrogen-bond acceptors (Lipinski definition) is 5. The highest BCUT2D eigenvalue weighted by molar-refractivity contribution is 6.06. The van der Waals surface area contributed by atoms with Crippen molar-refractivity contribution < 1.29 is 19.1 Å². The minimum atomic E-state index is -0.659. The van der Waals surface area contributed by atoms with Crippen molar-refractivity contribution in [1.82, 2.24) is 0 Å². The Morgan fingerprint density at radius 2 is 1.79 bits per heavy atom. The lowest BCUT2D eigenvalue weighted by Crippen LogP contribution is -2.21. The second kappa shape index (κ2) is 9.20. The summed E-state index contributed by atoms with van der Waals surface area (Å²) in [6.07, 6.45) is 1.52. The normalized spacial score (nSPS) is 11.5. The first-order chi connectivity index (χ1) is 13.7. The Morgan fingerprint density at radius 3 is 2.38 bits per heavy atom. The van der Waals surface area contributed by atoms with E-state index in [4.69, 9.17) is 9.47 Å². The number of benzene rings is 2. The van der Waals surface area contributed by atoms with E-state index < -0.39 is 11.4 Å². The first-order valence-corrected chi connectivity index (χ1v) is 9.38. The molecule has 0 aromatic heterocycles. The fourth-order valence-electron chi connectivity index (χ4n) is 2.64. The molecule has 0 bridgehead atoms. The second-order valence-electron chi connectivity index (χ2n) is 7.59. The molecular weight excluding hydrogens is 366 g/mol. The number of ketones is 1. The summed E-state index contributed by atoms with van der Waals surface area (Å²) in [7, 11) is 0. The maximum absolute atomic E-state index is 12.5. The molecule has 5 heteroatoms. The van der Waals surface area contributed by atoms with Gasteiger partial charge in [-0.2, -0.15) is 5.26 Å². The van der Waals surface area contributed by atoms with Gasteiger partial charge < -0.3 is 9.47 Å². The van der Waals surface area contributed by atoms with E-state index in [2.05, 4.69) is 0 Å². The zero-order valence-electron chi connectivity index (χ0n) is 17.4. The Balaban J connectivity index is 2.37. The molecule has 0 aliphatic carbocycles. The molecule has 0 unspecified atom stereocenters. The van der Waals surface area contributed by atoms with Crippen molar-refractivity contribution in [2.75, 3.05) is 6.61 Å². The molecular formula is C24H25NO4.